The largest absolute Gasteiger partial charge is 0.481 e. The van der Waals surface area contributed by atoms with Crippen LogP contribution in [0, 0.1) is 17.2 Å². The zero-order valence-electron chi connectivity index (χ0n) is 19.1. The summed E-state index contributed by atoms with van der Waals surface area (Å²) in [7, 11) is 1.25. The van der Waals surface area contributed by atoms with Crippen molar-refractivity contribution in [1.82, 2.24) is 0 Å². The second-order valence-electron chi connectivity index (χ2n) is 8.01. The van der Waals surface area contributed by atoms with Crippen LogP contribution in [-0.2, 0) is 32.1 Å². The Morgan fingerprint density at radius 3 is 2.51 bits per heavy atom. The predicted molar refractivity (Wildman–Crippen MR) is 129 cm³/mol. The number of ether oxygens (including phenoxy) is 2. The summed E-state index contributed by atoms with van der Waals surface area (Å²) in [6.07, 6.45) is 0.202. The number of hydrogen-bond donors (Lipinski definition) is 1. The number of hydrogen-bond acceptors (Lipinski definition) is 6. The number of nitrogens with zero attached hydrogens (tertiary/aromatic N) is 2. The lowest BCUT2D eigenvalue weighted by Crippen LogP contribution is -2.38. The zero-order chi connectivity index (χ0) is 24.8. The third-order valence-corrected chi connectivity index (χ3v) is 5.68. The van der Waals surface area contributed by atoms with Gasteiger partial charge in [-0.2, -0.15) is 5.26 Å². The van der Waals surface area contributed by atoms with Crippen molar-refractivity contribution in [3.63, 3.8) is 0 Å². The molecule has 0 aromatic heterocycles. The number of carbonyl (C=O) groups excluding carboxylic acids is 3. The van der Waals surface area contributed by atoms with E-state index in [1.54, 1.807) is 47.4 Å². The van der Waals surface area contributed by atoms with Gasteiger partial charge in [0.1, 0.15) is 11.7 Å². The van der Waals surface area contributed by atoms with Gasteiger partial charge in [-0.3, -0.25) is 14.4 Å². The topological polar surface area (TPSA) is 109 Å². The number of esters is 1. The average Bonchev–Trinajstić information content (AvgIpc) is 2.89. The summed E-state index contributed by atoms with van der Waals surface area (Å²) < 4.78 is 10.5. The second-order valence-corrected chi connectivity index (χ2v) is 8.01. The Morgan fingerprint density at radius 1 is 1.09 bits per heavy atom. The summed E-state index contributed by atoms with van der Waals surface area (Å²) >= 11 is 0. The van der Waals surface area contributed by atoms with Gasteiger partial charge in [-0.05, 0) is 41.8 Å². The summed E-state index contributed by atoms with van der Waals surface area (Å²) in [6.45, 7) is 0.174. The molecule has 35 heavy (non-hydrogen) atoms. The number of carbonyl (C=O) groups is 3. The number of nitrogens with one attached hydrogen (secondary N) is 1. The van der Waals surface area contributed by atoms with E-state index in [1.165, 1.54) is 7.11 Å². The van der Waals surface area contributed by atoms with Gasteiger partial charge in [0.25, 0.3) is 5.91 Å². The molecule has 1 aliphatic rings. The number of nitriles is 1. The molecule has 8 heteroatoms. The third-order valence-electron chi connectivity index (χ3n) is 5.68. The van der Waals surface area contributed by atoms with Gasteiger partial charge in [0, 0.05) is 11.8 Å². The molecule has 1 aliphatic heterocycles. The minimum absolute atomic E-state index is 0.139. The van der Waals surface area contributed by atoms with Gasteiger partial charge in [-0.15, -0.1) is 0 Å². The Bertz CT molecular complexity index is 1280. The van der Waals surface area contributed by atoms with Crippen molar-refractivity contribution in [2.45, 2.75) is 13.0 Å². The second kappa shape index (κ2) is 10.5. The molecule has 1 heterocycles. The summed E-state index contributed by atoms with van der Waals surface area (Å²) in [6, 6.07) is 23.3. The lowest BCUT2D eigenvalue weighted by atomic mass is 9.98. The van der Waals surface area contributed by atoms with E-state index in [4.69, 9.17) is 14.7 Å². The Labute approximate surface area is 202 Å². The van der Waals surface area contributed by atoms with Crippen LogP contribution in [0.1, 0.15) is 16.7 Å². The van der Waals surface area contributed by atoms with Crippen LogP contribution in [0.25, 0.3) is 0 Å². The van der Waals surface area contributed by atoms with Gasteiger partial charge in [0.15, 0.2) is 6.61 Å². The molecule has 1 N–H and O–H groups in total. The molecule has 1 atom stereocenters. The normalized spacial score (nSPS) is 13.1. The fourth-order valence-corrected chi connectivity index (χ4v) is 3.83. The maximum atomic E-state index is 13.0. The molecule has 4 rings (SSSR count). The van der Waals surface area contributed by atoms with Crippen LogP contribution >= 0.6 is 0 Å². The van der Waals surface area contributed by atoms with Crippen LogP contribution in [0.3, 0.4) is 0 Å². The standard InChI is InChI=1S/C27H23N3O5/c1-34-27(33)22(13-18-5-3-2-4-6-18)26(32)29-21-11-12-23-24(14-21)35-17-25(31)30(23)16-20-9-7-19(15-28)8-10-20/h2-12,14,22H,13,16-17H2,1H3,(H,29,32)/t22-/m1/s1. The summed E-state index contributed by atoms with van der Waals surface area (Å²) in [5, 5.41) is 11.7. The molecular weight excluding hydrogens is 446 g/mol. The van der Waals surface area contributed by atoms with Crippen LogP contribution in [0.2, 0.25) is 0 Å². The van der Waals surface area contributed by atoms with Crippen LogP contribution in [0.15, 0.2) is 72.8 Å². The number of benzene rings is 3. The van der Waals surface area contributed by atoms with Crippen molar-refractivity contribution in [3.05, 3.63) is 89.5 Å². The Hall–Kier alpha value is -4.64. The van der Waals surface area contributed by atoms with Crippen molar-refractivity contribution in [2.24, 2.45) is 5.92 Å². The fourth-order valence-electron chi connectivity index (χ4n) is 3.83. The average molecular weight is 469 g/mol. The van der Waals surface area contributed by atoms with E-state index in [0.717, 1.165) is 11.1 Å². The first-order valence-corrected chi connectivity index (χ1v) is 11.0. The van der Waals surface area contributed by atoms with Crippen molar-refractivity contribution < 1.29 is 23.9 Å². The van der Waals surface area contributed by atoms with Gasteiger partial charge < -0.3 is 19.7 Å². The molecule has 0 saturated carbocycles. The van der Waals surface area contributed by atoms with E-state index in [0.29, 0.717) is 29.2 Å². The molecule has 3 aromatic rings. The first-order chi connectivity index (χ1) is 17.0. The maximum Gasteiger partial charge on any atom is 0.318 e. The maximum absolute atomic E-state index is 13.0. The highest BCUT2D eigenvalue weighted by Crippen LogP contribution is 2.35. The minimum Gasteiger partial charge on any atom is -0.481 e. The highest BCUT2D eigenvalue weighted by Gasteiger charge is 2.29. The lowest BCUT2D eigenvalue weighted by Gasteiger charge is -2.30. The molecule has 3 aromatic carbocycles. The Kier molecular flexibility index (Phi) is 7.07. The first-order valence-electron chi connectivity index (χ1n) is 11.0. The lowest BCUT2D eigenvalue weighted by molar-refractivity contribution is -0.148. The molecular formula is C27H23N3O5. The van der Waals surface area contributed by atoms with Gasteiger partial charge in [0.05, 0.1) is 31.0 Å². The minimum atomic E-state index is -1.02. The van der Waals surface area contributed by atoms with E-state index >= 15 is 0 Å². The molecule has 0 saturated heterocycles. The van der Waals surface area contributed by atoms with Gasteiger partial charge in [-0.25, -0.2) is 0 Å². The van der Waals surface area contributed by atoms with Crippen molar-refractivity contribution >= 4 is 29.2 Å². The number of fused-ring (bicyclic) bond motifs is 1. The molecule has 0 unspecified atom stereocenters. The van der Waals surface area contributed by atoms with Crippen molar-refractivity contribution in [1.29, 1.82) is 5.26 Å². The van der Waals surface area contributed by atoms with Crippen LogP contribution in [0.5, 0.6) is 5.75 Å². The van der Waals surface area contributed by atoms with E-state index in [2.05, 4.69) is 11.4 Å². The molecule has 176 valence electrons. The first kappa shape index (κ1) is 23.5. The summed E-state index contributed by atoms with van der Waals surface area (Å²) in [5.41, 5.74) is 3.24. The van der Waals surface area contributed by atoms with Crippen molar-refractivity contribution in [2.75, 3.05) is 23.9 Å². The number of rotatable bonds is 7. The summed E-state index contributed by atoms with van der Waals surface area (Å²) in [4.78, 5) is 39.4. The third kappa shape index (κ3) is 5.47. The molecule has 0 radical (unpaired) electrons. The highest BCUT2D eigenvalue weighted by molar-refractivity contribution is 6.05. The van der Waals surface area contributed by atoms with Crippen LogP contribution in [-0.4, -0.2) is 31.5 Å². The molecule has 8 nitrogen and oxygen atoms in total. The quantitative estimate of drug-likeness (QED) is 0.419. The number of amides is 2. The van der Waals surface area contributed by atoms with Crippen LogP contribution < -0.4 is 15.0 Å². The van der Waals surface area contributed by atoms with Gasteiger partial charge in [-0.1, -0.05) is 42.5 Å². The van der Waals surface area contributed by atoms with E-state index in [-0.39, 0.29) is 18.9 Å². The SMILES string of the molecule is COC(=O)[C@H](Cc1ccccc1)C(=O)Nc1ccc2c(c1)OCC(=O)N2Cc1ccc(C#N)cc1. The molecule has 0 bridgehead atoms. The fraction of sp³-hybridized carbons (Fsp3) is 0.185. The number of anilines is 2. The Balaban J connectivity index is 1.51. The Morgan fingerprint density at radius 2 is 1.83 bits per heavy atom. The molecule has 0 aliphatic carbocycles. The predicted octanol–water partition coefficient (Wildman–Crippen LogP) is 3.45. The van der Waals surface area contributed by atoms with Gasteiger partial charge >= 0.3 is 5.97 Å². The van der Waals surface area contributed by atoms with Crippen molar-refractivity contribution in [3.8, 4) is 11.8 Å². The van der Waals surface area contributed by atoms with E-state index in [9.17, 15) is 14.4 Å². The van der Waals surface area contributed by atoms with Crippen LogP contribution in [0.4, 0.5) is 11.4 Å². The zero-order valence-corrected chi connectivity index (χ0v) is 19.1. The van der Waals surface area contributed by atoms with E-state index < -0.39 is 17.8 Å². The monoisotopic (exact) mass is 469 g/mol. The summed E-state index contributed by atoms with van der Waals surface area (Å²) in [5.74, 6) is -1.91. The molecule has 0 spiro atoms. The van der Waals surface area contributed by atoms with E-state index in [1.807, 2.05) is 30.3 Å². The van der Waals surface area contributed by atoms with Gasteiger partial charge in [0.2, 0.25) is 5.91 Å². The highest BCUT2D eigenvalue weighted by atomic mass is 16.5. The number of methoxy groups -OCH3 is 1. The molecule has 2 amide bonds. The molecule has 0 fully saturated rings. The smallest absolute Gasteiger partial charge is 0.318 e.